The summed E-state index contributed by atoms with van der Waals surface area (Å²) in [5.74, 6) is -0.248. The molecule has 0 spiro atoms. The summed E-state index contributed by atoms with van der Waals surface area (Å²) in [6.45, 7) is 6.46. The molecule has 1 atom stereocenters. The van der Waals surface area contributed by atoms with Crippen LogP contribution in [0.5, 0.6) is 0 Å². The molecule has 0 bridgehead atoms. The summed E-state index contributed by atoms with van der Waals surface area (Å²) < 4.78 is 13.7. The normalized spacial score (nSPS) is 12.4. The molecular formula is C13H17ClFN. The van der Waals surface area contributed by atoms with Crippen LogP contribution in [0.2, 0.25) is 5.02 Å². The molecule has 0 aliphatic rings. The summed E-state index contributed by atoms with van der Waals surface area (Å²) in [5, 5.41) is 3.72. The lowest BCUT2D eigenvalue weighted by atomic mass is 10.0. The van der Waals surface area contributed by atoms with E-state index in [0.29, 0.717) is 10.6 Å². The van der Waals surface area contributed by atoms with Crippen LogP contribution >= 0.6 is 11.6 Å². The van der Waals surface area contributed by atoms with Gasteiger partial charge >= 0.3 is 0 Å². The maximum atomic E-state index is 13.7. The first kappa shape index (κ1) is 13.2. The van der Waals surface area contributed by atoms with Gasteiger partial charge in [-0.3, -0.25) is 0 Å². The van der Waals surface area contributed by atoms with Gasteiger partial charge in [-0.15, -0.1) is 6.58 Å². The van der Waals surface area contributed by atoms with Gasteiger partial charge < -0.3 is 5.32 Å². The SMILES string of the molecule is C=CCCC(NCC)c1c(F)cccc1Cl. The van der Waals surface area contributed by atoms with Crippen LogP contribution in [0.1, 0.15) is 31.4 Å². The number of nitrogens with one attached hydrogen (secondary N) is 1. The largest absolute Gasteiger partial charge is 0.310 e. The topological polar surface area (TPSA) is 12.0 Å². The number of rotatable bonds is 6. The summed E-state index contributed by atoms with van der Waals surface area (Å²) in [4.78, 5) is 0. The van der Waals surface area contributed by atoms with Crippen LogP contribution < -0.4 is 5.32 Å². The zero-order valence-electron chi connectivity index (χ0n) is 9.47. The van der Waals surface area contributed by atoms with Crippen molar-refractivity contribution in [3.05, 3.63) is 47.3 Å². The Morgan fingerprint density at radius 1 is 1.56 bits per heavy atom. The minimum Gasteiger partial charge on any atom is -0.310 e. The highest BCUT2D eigenvalue weighted by atomic mass is 35.5. The Balaban J connectivity index is 2.94. The van der Waals surface area contributed by atoms with Crippen molar-refractivity contribution in [1.82, 2.24) is 5.32 Å². The molecule has 0 fully saturated rings. The fourth-order valence-corrected chi connectivity index (χ4v) is 2.02. The zero-order chi connectivity index (χ0) is 12.0. The zero-order valence-corrected chi connectivity index (χ0v) is 10.2. The monoisotopic (exact) mass is 241 g/mol. The summed E-state index contributed by atoms with van der Waals surface area (Å²) >= 11 is 6.03. The fraction of sp³-hybridized carbons (Fsp3) is 0.385. The maximum absolute atomic E-state index is 13.7. The van der Waals surface area contributed by atoms with Crippen molar-refractivity contribution in [1.29, 1.82) is 0 Å². The highest BCUT2D eigenvalue weighted by molar-refractivity contribution is 6.31. The summed E-state index contributed by atoms with van der Waals surface area (Å²) in [6, 6.07) is 4.74. The third-order valence-corrected chi connectivity index (χ3v) is 2.79. The van der Waals surface area contributed by atoms with E-state index in [0.717, 1.165) is 19.4 Å². The van der Waals surface area contributed by atoms with Crippen molar-refractivity contribution in [3.63, 3.8) is 0 Å². The molecular weight excluding hydrogens is 225 g/mol. The smallest absolute Gasteiger partial charge is 0.129 e. The second kappa shape index (κ2) is 6.66. The van der Waals surface area contributed by atoms with Crippen molar-refractivity contribution >= 4 is 11.6 Å². The number of halogens is 2. The van der Waals surface area contributed by atoms with Gasteiger partial charge in [0.2, 0.25) is 0 Å². The minimum absolute atomic E-state index is 0.0447. The maximum Gasteiger partial charge on any atom is 0.129 e. The van der Waals surface area contributed by atoms with Crippen LogP contribution in [0.25, 0.3) is 0 Å². The van der Waals surface area contributed by atoms with Gasteiger partial charge in [0.25, 0.3) is 0 Å². The standard InChI is InChI=1S/C13H17ClFN/c1-3-5-9-12(16-4-2)13-10(14)7-6-8-11(13)15/h3,6-8,12,16H,1,4-5,9H2,2H3. The van der Waals surface area contributed by atoms with E-state index in [1.165, 1.54) is 6.07 Å². The lowest BCUT2D eigenvalue weighted by Gasteiger charge is -2.19. The van der Waals surface area contributed by atoms with E-state index in [1.807, 2.05) is 13.0 Å². The molecule has 0 radical (unpaired) electrons. The molecule has 0 aliphatic carbocycles. The average Bonchev–Trinajstić information content (AvgIpc) is 2.25. The predicted molar refractivity (Wildman–Crippen MR) is 67.3 cm³/mol. The first-order chi connectivity index (χ1) is 7.70. The molecule has 1 rings (SSSR count). The van der Waals surface area contributed by atoms with Crippen LogP contribution in [-0.2, 0) is 0 Å². The van der Waals surface area contributed by atoms with E-state index in [4.69, 9.17) is 11.6 Å². The molecule has 0 amide bonds. The van der Waals surface area contributed by atoms with Crippen LogP contribution in [-0.4, -0.2) is 6.54 Å². The third-order valence-electron chi connectivity index (χ3n) is 2.46. The van der Waals surface area contributed by atoms with Crippen molar-refractivity contribution in [3.8, 4) is 0 Å². The third kappa shape index (κ3) is 3.32. The number of hydrogen-bond acceptors (Lipinski definition) is 1. The molecule has 3 heteroatoms. The Hall–Kier alpha value is -0.860. The Morgan fingerprint density at radius 2 is 2.31 bits per heavy atom. The summed E-state index contributed by atoms with van der Waals surface area (Å²) in [7, 11) is 0. The van der Waals surface area contributed by atoms with Gasteiger partial charge in [0.05, 0.1) is 0 Å². The fourth-order valence-electron chi connectivity index (χ4n) is 1.72. The van der Waals surface area contributed by atoms with Gasteiger partial charge in [0.1, 0.15) is 5.82 Å². The molecule has 16 heavy (non-hydrogen) atoms. The molecule has 1 aromatic rings. The van der Waals surface area contributed by atoms with Crippen LogP contribution in [0.15, 0.2) is 30.9 Å². The Labute approximate surface area is 101 Å². The van der Waals surface area contributed by atoms with Crippen LogP contribution in [0.3, 0.4) is 0 Å². The number of benzene rings is 1. The molecule has 1 N–H and O–H groups in total. The van der Waals surface area contributed by atoms with E-state index in [-0.39, 0.29) is 11.9 Å². The minimum atomic E-state index is -0.248. The van der Waals surface area contributed by atoms with Crippen molar-refractivity contribution in [2.24, 2.45) is 0 Å². The molecule has 1 nitrogen and oxygen atoms in total. The van der Waals surface area contributed by atoms with Gasteiger partial charge in [-0.2, -0.15) is 0 Å². The molecule has 0 aliphatic heterocycles. The lowest BCUT2D eigenvalue weighted by Crippen LogP contribution is -2.22. The summed E-state index contributed by atoms with van der Waals surface area (Å²) in [6.07, 6.45) is 3.47. The number of allylic oxidation sites excluding steroid dienone is 1. The molecule has 0 heterocycles. The molecule has 1 unspecified atom stereocenters. The van der Waals surface area contributed by atoms with E-state index < -0.39 is 0 Å². The molecule has 1 aromatic carbocycles. The Morgan fingerprint density at radius 3 is 2.88 bits per heavy atom. The molecule has 0 saturated heterocycles. The van der Waals surface area contributed by atoms with Crippen molar-refractivity contribution in [2.75, 3.05) is 6.54 Å². The number of hydrogen-bond donors (Lipinski definition) is 1. The average molecular weight is 242 g/mol. The van der Waals surface area contributed by atoms with E-state index in [1.54, 1.807) is 12.1 Å². The second-order valence-corrected chi connectivity index (χ2v) is 4.02. The lowest BCUT2D eigenvalue weighted by molar-refractivity contribution is 0.488. The molecule has 88 valence electrons. The molecule has 0 aromatic heterocycles. The van der Waals surface area contributed by atoms with E-state index in [9.17, 15) is 4.39 Å². The van der Waals surface area contributed by atoms with Gasteiger partial charge in [-0.25, -0.2) is 4.39 Å². The quantitative estimate of drug-likeness (QED) is 0.740. The van der Waals surface area contributed by atoms with E-state index in [2.05, 4.69) is 11.9 Å². The Kier molecular flexibility index (Phi) is 5.50. The summed E-state index contributed by atoms with van der Waals surface area (Å²) in [5.41, 5.74) is 0.563. The van der Waals surface area contributed by atoms with Crippen LogP contribution in [0, 0.1) is 5.82 Å². The molecule has 0 saturated carbocycles. The first-order valence-electron chi connectivity index (χ1n) is 5.48. The second-order valence-electron chi connectivity index (χ2n) is 3.61. The van der Waals surface area contributed by atoms with Gasteiger partial charge in [-0.05, 0) is 31.5 Å². The first-order valence-corrected chi connectivity index (χ1v) is 5.86. The highest BCUT2D eigenvalue weighted by Crippen LogP contribution is 2.28. The highest BCUT2D eigenvalue weighted by Gasteiger charge is 2.17. The predicted octanol–water partition coefficient (Wildman–Crippen LogP) is 4.10. The van der Waals surface area contributed by atoms with Gasteiger partial charge in [-0.1, -0.05) is 30.7 Å². The van der Waals surface area contributed by atoms with E-state index >= 15 is 0 Å². The van der Waals surface area contributed by atoms with Crippen molar-refractivity contribution in [2.45, 2.75) is 25.8 Å². The van der Waals surface area contributed by atoms with Crippen LogP contribution in [0.4, 0.5) is 4.39 Å². The Bertz CT molecular complexity index is 332. The van der Waals surface area contributed by atoms with Gasteiger partial charge in [0, 0.05) is 16.6 Å². The van der Waals surface area contributed by atoms with Crippen molar-refractivity contribution < 1.29 is 4.39 Å². The van der Waals surface area contributed by atoms with Gasteiger partial charge in [0.15, 0.2) is 0 Å².